The van der Waals surface area contributed by atoms with Crippen molar-refractivity contribution in [1.29, 1.82) is 0 Å². The van der Waals surface area contributed by atoms with Crippen molar-refractivity contribution in [3.8, 4) is 10.4 Å². The molecule has 0 aliphatic heterocycles. The third-order valence-corrected chi connectivity index (χ3v) is 9.52. The van der Waals surface area contributed by atoms with Crippen LogP contribution in [0.15, 0.2) is 53.6 Å². The second kappa shape index (κ2) is 12.5. The van der Waals surface area contributed by atoms with Gasteiger partial charge in [-0.3, -0.25) is 0 Å². The van der Waals surface area contributed by atoms with Gasteiger partial charge in [-0.05, 0) is 76.3 Å². The van der Waals surface area contributed by atoms with Crippen LogP contribution in [0.25, 0.3) is 10.4 Å². The highest BCUT2D eigenvalue weighted by Crippen LogP contribution is 2.40. The van der Waals surface area contributed by atoms with E-state index in [0.717, 1.165) is 17.8 Å². The van der Waals surface area contributed by atoms with E-state index >= 15 is 0 Å². The lowest BCUT2D eigenvalue weighted by atomic mass is 9.86. The number of thiazole rings is 1. The molecule has 0 radical (unpaired) electrons. The maximum atomic E-state index is 13.5. The van der Waals surface area contributed by atoms with Crippen molar-refractivity contribution in [3.63, 3.8) is 0 Å². The van der Waals surface area contributed by atoms with Gasteiger partial charge in [0.2, 0.25) is 10.0 Å². The molecule has 1 aliphatic rings. The van der Waals surface area contributed by atoms with Crippen LogP contribution in [0, 0.1) is 5.82 Å². The van der Waals surface area contributed by atoms with Gasteiger partial charge in [0.05, 0.1) is 14.8 Å². The van der Waals surface area contributed by atoms with Gasteiger partial charge >= 0.3 is 12.1 Å². The summed E-state index contributed by atoms with van der Waals surface area (Å²) in [6.45, 7) is 5.40. The fourth-order valence-electron chi connectivity index (χ4n) is 4.70. The molecule has 2 aromatic carbocycles. The fraction of sp³-hybridized carbons (Fsp3) is 0.393. The SMILES string of the molecule is CC(C)(C)NS(=O)(=O)c1cc(NC(=O)NCc2ccc(F)cc2)ccc1-c1cnc(C2CCC(NC(=O)O)CC2)s1. The van der Waals surface area contributed by atoms with E-state index in [1.165, 1.54) is 29.5 Å². The number of urea groups is 1. The Balaban J connectivity index is 1.55. The van der Waals surface area contributed by atoms with Crippen LogP contribution in [0.3, 0.4) is 0 Å². The van der Waals surface area contributed by atoms with E-state index in [0.29, 0.717) is 28.8 Å². The zero-order valence-electron chi connectivity index (χ0n) is 23.0. The number of anilines is 1. The molecule has 3 amide bonds. The van der Waals surface area contributed by atoms with Crippen molar-refractivity contribution in [2.45, 2.75) is 75.4 Å². The van der Waals surface area contributed by atoms with Crippen LogP contribution in [-0.4, -0.2) is 42.2 Å². The van der Waals surface area contributed by atoms with Gasteiger partial charge in [0.15, 0.2) is 0 Å². The first-order valence-electron chi connectivity index (χ1n) is 13.2. The predicted molar refractivity (Wildman–Crippen MR) is 156 cm³/mol. The summed E-state index contributed by atoms with van der Waals surface area (Å²) in [5, 5.41) is 17.8. The van der Waals surface area contributed by atoms with Gasteiger partial charge in [0, 0.05) is 41.5 Å². The Kier molecular flexibility index (Phi) is 9.30. The second-order valence-corrected chi connectivity index (χ2v) is 13.8. The third kappa shape index (κ3) is 8.47. The molecule has 4 rings (SSSR count). The molecule has 41 heavy (non-hydrogen) atoms. The molecule has 1 fully saturated rings. The summed E-state index contributed by atoms with van der Waals surface area (Å²) in [6.07, 6.45) is 3.63. The Morgan fingerprint density at radius 3 is 2.39 bits per heavy atom. The van der Waals surface area contributed by atoms with E-state index in [9.17, 15) is 22.4 Å². The largest absolute Gasteiger partial charge is 0.465 e. The lowest BCUT2D eigenvalue weighted by Crippen LogP contribution is -2.40. The standard InChI is InChI=1S/C28H34FN5O5S2/c1-28(2,3)34-41(38,39)24-14-21(32-26(35)31-15-17-4-8-19(29)9-5-17)12-13-22(24)23-16-30-25(40-23)18-6-10-20(11-7-18)33-27(36)37/h4-5,8-9,12-14,16,18,20,33-34H,6-7,10-11,15H2,1-3H3,(H,36,37)(H2,31,32,35). The smallest absolute Gasteiger partial charge is 0.404 e. The first-order chi connectivity index (χ1) is 19.3. The maximum Gasteiger partial charge on any atom is 0.404 e. The van der Waals surface area contributed by atoms with E-state index in [-0.39, 0.29) is 34.9 Å². The van der Waals surface area contributed by atoms with Gasteiger partial charge < -0.3 is 21.1 Å². The molecular formula is C28H34FN5O5S2. The Hall–Kier alpha value is -3.55. The summed E-state index contributed by atoms with van der Waals surface area (Å²) in [5.41, 5.74) is 0.716. The summed E-state index contributed by atoms with van der Waals surface area (Å²) in [5.74, 6) is -0.205. The molecule has 1 aromatic heterocycles. The summed E-state index contributed by atoms with van der Waals surface area (Å²) < 4.78 is 42.8. The molecule has 0 saturated heterocycles. The van der Waals surface area contributed by atoms with Crippen molar-refractivity contribution in [1.82, 2.24) is 20.3 Å². The molecular weight excluding hydrogens is 569 g/mol. The van der Waals surface area contributed by atoms with Gasteiger partial charge in [-0.2, -0.15) is 0 Å². The number of rotatable bonds is 8. The highest BCUT2D eigenvalue weighted by Gasteiger charge is 2.29. The fourth-order valence-corrected chi connectivity index (χ4v) is 7.56. The Morgan fingerprint density at radius 2 is 1.76 bits per heavy atom. The lowest BCUT2D eigenvalue weighted by Gasteiger charge is -2.27. The highest BCUT2D eigenvalue weighted by molar-refractivity contribution is 7.89. The van der Waals surface area contributed by atoms with Gasteiger partial charge in [-0.1, -0.05) is 18.2 Å². The van der Waals surface area contributed by atoms with Crippen molar-refractivity contribution in [2.24, 2.45) is 0 Å². The van der Waals surface area contributed by atoms with Crippen molar-refractivity contribution in [3.05, 3.63) is 65.0 Å². The zero-order chi connectivity index (χ0) is 29.8. The number of amides is 3. The average molecular weight is 604 g/mol. The molecule has 1 aliphatic carbocycles. The number of benzene rings is 2. The molecule has 0 bridgehead atoms. The highest BCUT2D eigenvalue weighted by atomic mass is 32.2. The molecule has 10 nitrogen and oxygen atoms in total. The molecule has 13 heteroatoms. The predicted octanol–water partition coefficient (Wildman–Crippen LogP) is 5.64. The molecule has 1 heterocycles. The van der Waals surface area contributed by atoms with Crippen LogP contribution in [0.1, 0.15) is 62.9 Å². The number of hydrogen-bond acceptors (Lipinski definition) is 6. The molecule has 220 valence electrons. The van der Waals surface area contributed by atoms with E-state index in [2.05, 4.69) is 25.7 Å². The number of nitrogens with one attached hydrogen (secondary N) is 4. The van der Waals surface area contributed by atoms with E-state index in [1.807, 2.05) is 0 Å². The van der Waals surface area contributed by atoms with E-state index in [4.69, 9.17) is 5.11 Å². The average Bonchev–Trinajstić information content (AvgIpc) is 3.37. The number of hydrogen-bond donors (Lipinski definition) is 5. The van der Waals surface area contributed by atoms with Crippen LogP contribution in [0.5, 0.6) is 0 Å². The number of carbonyl (C=O) groups is 2. The zero-order valence-corrected chi connectivity index (χ0v) is 24.7. The number of carboxylic acid groups (broad SMARTS) is 1. The molecule has 0 atom stereocenters. The molecule has 0 unspecified atom stereocenters. The summed E-state index contributed by atoms with van der Waals surface area (Å²) in [7, 11) is -3.99. The normalized spacial score (nSPS) is 17.6. The second-order valence-electron chi connectivity index (χ2n) is 11.1. The molecule has 1 saturated carbocycles. The maximum absolute atomic E-state index is 13.5. The number of halogens is 1. The number of sulfonamides is 1. The molecule has 0 spiro atoms. The van der Waals surface area contributed by atoms with Crippen molar-refractivity contribution < 1.29 is 27.5 Å². The van der Waals surface area contributed by atoms with Gasteiger partial charge in [0.1, 0.15) is 5.82 Å². The monoisotopic (exact) mass is 603 g/mol. The number of nitrogens with zero attached hydrogens (tertiary/aromatic N) is 1. The Morgan fingerprint density at radius 1 is 1.07 bits per heavy atom. The van der Waals surface area contributed by atoms with Crippen LogP contribution in [0.2, 0.25) is 0 Å². The molecule has 3 aromatic rings. The minimum atomic E-state index is -3.99. The summed E-state index contributed by atoms with van der Waals surface area (Å²) in [6, 6.07) is 9.83. The van der Waals surface area contributed by atoms with E-state index in [1.54, 1.807) is 51.2 Å². The quantitative estimate of drug-likeness (QED) is 0.225. The van der Waals surface area contributed by atoms with Crippen LogP contribution in [-0.2, 0) is 16.6 Å². The minimum Gasteiger partial charge on any atom is -0.465 e. The Bertz CT molecular complexity index is 1490. The first kappa shape index (κ1) is 30.4. The van der Waals surface area contributed by atoms with E-state index < -0.39 is 27.7 Å². The van der Waals surface area contributed by atoms with Crippen LogP contribution in [0.4, 0.5) is 19.7 Å². The topological polar surface area (TPSA) is 150 Å². The third-order valence-electron chi connectivity index (χ3n) is 6.53. The first-order valence-corrected chi connectivity index (χ1v) is 15.5. The van der Waals surface area contributed by atoms with Gasteiger partial charge in [0.25, 0.3) is 0 Å². The van der Waals surface area contributed by atoms with Crippen molar-refractivity contribution in [2.75, 3.05) is 5.32 Å². The minimum absolute atomic E-state index is 0.00771. The van der Waals surface area contributed by atoms with Crippen LogP contribution >= 0.6 is 11.3 Å². The van der Waals surface area contributed by atoms with Crippen LogP contribution < -0.4 is 20.7 Å². The molecule has 5 N–H and O–H groups in total. The summed E-state index contributed by atoms with van der Waals surface area (Å²) in [4.78, 5) is 28.8. The summed E-state index contributed by atoms with van der Waals surface area (Å²) >= 11 is 1.42. The number of aromatic nitrogens is 1. The number of carbonyl (C=O) groups excluding carboxylic acids is 1. The Labute approximate surface area is 242 Å². The van der Waals surface area contributed by atoms with Crippen molar-refractivity contribution >= 4 is 39.2 Å². The van der Waals surface area contributed by atoms with Gasteiger partial charge in [-0.25, -0.2) is 32.1 Å². The van der Waals surface area contributed by atoms with Gasteiger partial charge in [-0.15, -0.1) is 11.3 Å². The lowest BCUT2D eigenvalue weighted by molar-refractivity contribution is 0.185.